The molecule has 7 nitrogen and oxygen atoms in total. The van der Waals surface area contributed by atoms with Crippen molar-refractivity contribution >= 4 is 27.5 Å². The molecule has 5 rings (SSSR count). The number of carbonyl (C=O) groups excluding carboxylic acids is 2. The van der Waals surface area contributed by atoms with E-state index in [1.165, 1.54) is 4.31 Å². The number of anilines is 1. The average molecular weight is 624 g/mol. The van der Waals surface area contributed by atoms with Crippen molar-refractivity contribution in [1.82, 2.24) is 10.2 Å². The smallest absolute Gasteiger partial charge is 0.264 e. The normalized spacial score (nSPS) is 14.1. The van der Waals surface area contributed by atoms with E-state index < -0.39 is 28.5 Å². The first kappa shape index (κ1) is 32.0. The highest BCUT2D eigenvalue weighted by atomic mass is 32.2. The Morgan fingerprint density at radius 3 is 2.02 bits per heavy atom. The molecule has 2 amide bonds. The number of carbonyl (C=O) groups is 2. The molecule has 45 heavy (non-hydrogen) atoms. The van der Waals surface area contributed by atoms with E-state index in [4.69, 9.17) is 0 Å². The Morgan fingerprint density at radius 1 is 0.778 bits per heavy atom. The summed E-state index contributed by atoms with van der Waals surface area (Å²) in [5.41, 5.74) is 3.94. The second-order valence-corrected chi connectivity index (χ2v) is 13.7. The minimum atomic E-state index is -4.13. The number of nitrogens with one attached hydrogen (secondary N) is 1. The fourth-order valence-corrected chi connectivity index (χ4v) is 7.26. The van der Waals surface area contributed by atoms with E-state index in [2.05, 4.69) is 5.32 Å². The van der Waals surface area contributed by atoms with Gasteiger partial charge in [0.15, 0.2) is 0 Å². The summed E-state index contributed by atoms with van der Waals surface area (Å²) in [6, 6.07) is 32.1. The summed E-state index contributed by atoms with van der Waals surface area (Å²) in [6.45, 7) is 3.46. The van der Waals surface area contributed by atoms with Crippen LogP contribution in [0.2, 0.25) is 0 Å². The van der Waals surface area contributed by atoms with Gasteiger partial charge in [-0.1, -0.05) is 103 Å². The molecule has 4 aromatic carbocycles. The molecule has 0 radical (unpaired) electrons. The van der Waals surface area contributed by atoms with Gasteiger partial charge in [-0.2, -0.15) is 0 Å². The molecule has 0 heterocycles. The largest absolute Gasteiger partial charge is 0.352 e. The number of hydrogen-bond donors (Lipinski definition) is 1. The lowest BCUT2D eigenvalue weighted by Crippen LogP contribution is -2.54. The topological polar surface area (TPSA) is 86.8 Å². The minimum absolute atomic E-state index is 0.0650. The third-order valence-electron chi connectivity index (χ3n) is 8.35. The highest BCUT2D eigenvalue weighted by Crippen LogP contribution is 2.26. The van der Waals surface area contributed by atoms with Gasteiger partial charge in [0, 0.05) is 19.0 Å². The van der Waals surface area contributed by atoms with Crippen molar-refractivity contribution in [2.75, 3.05) is 10.8 Å². The molecule has 0 aliphatic heterocycles. The number of aryl methyl sites for hydroxylation is 2. The molecule has 1 aliphatic carbocycles. The van der Waals surface area contributed by atoms with Gasteiger partial charge in [0.05, 0.1) is 10.6 Å². The molecular formula is C37H41N3O4S. The van der Waals surface area contributed by atoms with E-state index in [9.17, 15) is 18.0 Å². The van der Waals surface area contributed by atoms with Crippen LogP contribution in [0.5, 0.6) is 0 Å². The minimum Gasteiger partial charge on any atom is -0.352 e. The molecule has 0 spiro atoms. The second-order valence-electron chi connectivity index (χ2n) is 11.9. The zero-order valence-electron chi connectivity index (χ0n) is 25.9. The Bertz CT molecular complexity index is 1690. The average Bonchev–Trinajstić information content (AvgIpc) is 3.55. The maximum Gasteiger partial charge on any atom is 0.264 e. The van der Waals surface area contributed by atoms with Crippen molar-refractivity contribution < 1.29 is 18.0 Å². The monoisotopic (exact) mass is 623 g/mol. The number of rotatable bonds is 12. The Labute approximate surface area is 266 Å². The van der Waals surface area contributed by atoms with Gasteiger partial charge in [-0.15, -0.1) is 0 Å². The third-order valence-corrected chi connectivity index (χ3v) is 10.1. The molecule has 1 fully saturated rings. The van der Waals surface area contributed by atoms with E-state index in [1.807, 2.05) is 80.6 Å². The number of nitrogens with zero attached hydrogens (tertiary/aromatic N) is 2. The summed E-state index contributed by atoms with van der Waals surface area (Å²) in [5, 5.41) is 3.21. The molecule has 0 bridgehead atoms. The van der Waals surface area contributed by atoms with E-state index >= 15 is 0 Å². The van der Waals surface area contributed by atoms with Crippen molar-refractivity contribution in [1.29, 1.82) is 0 Å². The number of benzene rings is 4. The molecule has 0 saturated heterocycles. The van der Waals surface area contributed by atoms with Crippen molar-refractivity contribution in [2.24, 2.45) is 0 Å². The molecule has 1 saturated carbocycles. The Hall–Kier alpha value is -4.43. The van der Waals surface area contributed by atoms with Crippen LogP contribution in [0.1, 0.15) is 47.9 Å². The SMILES string of the molecule is Cc1ccc(S(=O)(=O)N(CC(=O)N(Cc2ccccc2)[C@@H](Cc2ccccc2)C(=O)NC2CCCC2)c2cccc(C)c2)cc1. The number of amides is 2. The predicted octanol–water partition coefficient (Wildman–Crippen LogP) is 6.20. The van der Waals surface area contributed by atoms with E-state index in [-0.39, 0.29) is 23.4 Å². The van der Waals surface area contributed by atoms with Gasteiger partial charge in [-0.3, -0.25) is 13.9 Å². The van der Waals surface area contributed by atoms with Crippen LogP contribution in [0, 0.1) is 13.8 Å². The molecule has 234 valence electrons. The van der Waals surface area contributed by atoms with Crippen LogP contribution in [-0.4, -0.2) is 43.8 Å². The van der Waals surface area contributed by atoms with Gasteiger partial charge in [0.25, 0.3) is 10.0 Å². The Balaban J connectivity index is 1.55. The standard InChI is InChI=1S/C37H41N3O4S/c1-28-20-22-34(23-21-28)45(43,44)40(33-19-11-12-29(2)24-33)27-36(41)39(26-31-15-7-4-8-16-31)35(25-30-13-5-3-6-14-30)37(42)38-32-17-9-10-18-32/h3-8,11-16,19-24,32,35H,9-10,17-18,25-27H2,1-2H3,(H,38,42)/t35-/m0/s1. The van der Waals surface area contributed by atoms with E-state index in [0.717, 1.165) is 47.9 Å². The van der Waals surface area contributed by atoms with Crippen LogP contribution in [0.4, 0.5) is 5.69 Å². The lowest BCUT2D eigenvalue weighted by atomic mass is 10.0. The highest BCUT2D eigenvalue weighted by molar-refractivity contribution is 7.92. The maximum absolute atomic E-state index is 14.6. The quantitative estimate of drug-likeness (QED) is 0.204. The molecular weight excluding hydrogens is 582 g/mol. The molecule has 1 atom stereocenters. The van der Waals surface area contributed by atoms with Crippen LogP contribution in [0.3, 0.4) is 0 Å². The summed E-state index contributed by atoms with van der Waals surface area (Å²) in [7, 11) is -4.13. The lowest BCUT2D eigenvalue weighted by Gasteiger charge is -2.34. The van der Waals surface area contributed by atoms with Gasteiger partial charge in [0.2, 0.25) is 11.8 Å². The molecule has 0 unspecified atom stereocenters. The Kier molecular flexibility index (Phi) is 10.4. The van der Waals surface area contributed by atoms with Crippen molar-refractivity contribution in [2.45, 2.75) is 69.5 Å². The predicted molar refractivity (Wildman–Crippen MR) is 178 cm³/mol. The zero-order valence-corrected chi connectivity index (χ0v) is 26.7. The van der Waals surface area contributed by atoms with E-state index in [0.29, 0.717) is 12.1 Å². The first-order valence-corrected chi connectivity index (χ1v) is 17.0. The molecule has 4 aromatic rings. The van der Waals surface area contributed by atoms with Crippen LogP contribution < -0.4 is 9.62 Å². The van der Waals surface area contributed by atoms with Crippen LogP contribution in [-0.2, 0) is 32.6 Å². The van der Waals surface area contributed by atoms with Gasteiger partial charge in [-0.25, -0.2) is 8.42 Å². The summed E-state index contributed by atoms with van der Waals surface area (Å²) in [4.78, 5) is 30.3. The molecule has 8 heteroatoms. The Morgan fingerprint density at radius 2 is 1.40 bits per heavy atom. The zero-order chi connectivity index (χ0) is 31.8. The number of hydrogen-bond acceptors (Lipinski definition) is 4. The van der Waals surface area contributed by atoms with Gasteiger partial charge >= 0.3 is 0 Å². The van der Waals surface area contributed by atoms with Crippen molar-refractivity contribution in [3.8, 4) is 0 Å². The van der Waals surface area contributed by atoms with Gasteiger partial charge in [0.1, 0.15) is 12.6 Å². The fourth-order valence-electron chi connectivity index (χ4n) is 5.85. The van der Waals surface area contributed by atoms with Crippen molar-refractivity contribution in [3.05, 3.63) is 131 Å². The summed E-state index contributed by atoms with van der Waals surface area (Å²) >= 11 is 0. The first-order chi connectivity index (χ1) is 21.7. The molecule has 1 N–H and O–H groups in total. The molecule has 1 aliphatic rings. The number of sulfonamides is 1. The lowest BCUT2D eigenvalue weighted by molar-refractivity contribution is -0.140. The van der Waals surface area contributed by atoms with Crippen LogP contribution >= 0.6 is 0 Å². The summed E-state index contributed by atoms with van der Waals surface area (Å²) in [6.07, 6.45) is 4.23. The van der Waals surface area contributed by atoms with E-state index in [1.54, 1.807) is 47.4 Å². The molecule has 0 aromatic heterocycles. The van der Waals surface area contributed by atoms with Crippen LogP contribution in [0.15, 0.2) is 114 Å². The maximum atomic E-state index is 14.6. The first-order valence-electron chi connectivity index (χ1n) is 15.5. The van der Waals surface area contributed by atoms with Crippen molar-refractivity contribution in [3.63, 3.8) is 0 Å². The second kappa shape index (κ2) is 14.6. The van der Waals surface area contributed by atoms with Gasteiger partial charge < -0.3 is 10.2 Å². The fraction of sp³-hybridized carbons (Fsp3) is 0.297. The summed E-state index contributed by atoms with van der Waals surface area (Å²) < 4.78 is 29.5. The third kappa shape index (κ3) is 8.19. The van der Waals surface area contributed by atoms with Crippen LogP contribution in [0.25, 0.3) is 0 Å². The highest BCUT2D eigenvalue weighted by Gasteiger charge is 2.35. The van der Waals surface area contributed by atoms with Gasteiger partial charge in [-0.05, 0) is 67.6 Å². The summed E-state index contributed by atoms with van der Waals surface area (Å²) in [5.74, 6) is -0.683.